The van der Waals surface area contributed by atoms with Crippen LogP contribution in [0.2, 0.25) is 0 Å². The average molecular weight is 200 g/mol. The molecule has 0 saturated carbocycles. The summed E-state index contributed by atoms with van der Waals surface area (Å²) in [6.45, 7) is 0. The number of carbonyl (C=O) groups excluding carboxylic acids is 1. The van der Waals surface area contributed by atoms with E-state index in [0.29, 0.717) is 18.2 Å². The third kappa shape index (κ3) is 1.06. The molecule has 1 aromatic heterocycles. The van der Waals surface area contributed by atoms with Crippen LogP contribution in [0, 0.1) is 0 Å². The van der Waals surface area contributed by atoms with Gasteiger partial charge in [0, 0.05) is 12.0 Å². The third-order valence-corrected chi connectivity index (χ3v) is 2.80. The summed E-state index contributed by atoms with van der Waals surface area (Å²) in [6.07, 6.45) is 1.13. The van der Waals surface area contributed by atoms with Crippen LogP contribution in [0.3, 0.4) is 0 Å². The number of hydrogen-bond donors (Lipinski definition) is 0. The zero-order valence-corrected chi connectivity index (χ0v) is 7.95. The maximum Gasteiger partial charge on any atom is 0.344 e. The van der Waals surface area contributed by atoms with E-state index in [4.69, 9.17) is 4.42 Å². The van der Waals surface area contributed by atoms with E-state index in [1.54, 1.807) is 12.1 Å². The van der Waals surface area contributed by atoms with Crippen LogP contribution in [0.15, 0.2) is 33.5 Å². The Balaban J connectivity index is 2.54. The molecule has 0 saturated heterocycles. The van der Waals surface area contributed by atoms with Crippen molar-refractivity contribution < 1.29 is 9.21 Å². The molecular formula is C12H8O3. The molecular weight excluding hydrogens is 192 g/mol. The van der Waals surface area contributed by atoms with Crippen LogP contribution in [-0.2, 0) is 6.42 Å². The van der Waals surface area contributed by atoms with Gasteiger partial charge in [-0.25, -0.2) is 4.79 Å². The Morgan fingerprint density at radius 2 is 1.73 bits per heavy atom. The molecule has 0 N–H and O–H groups in total. The quantitative estimate of drug-likeness (QED) is 0.652. The molecule has 0 fully saturated rings. The van der Waals surface area contributed by atoms with Crippen molar-refractivity contribution in [1.29, 1.82) is 0 Å². The van der Waals surface area contributed by atoms with E-state index >= 15 is 0 Å². The Hall–Kier alpha value is -1.90. The second-order valence-electron chi connectivity index (χ2n) is 3.67. The number of rotatable bonds is 0. The van der Waals surface area contributed by atoms with E-state index in [2.05, 4.69) is 0 Å². The lowest BCUT2D eigenvalue weighted by atomic mass is 10.1. The van der Waals surface area contributed by atoms with Crippen LogP contribution >= 0.6 is 0 Å². The summed E-state index contributed by atoms with van der Waals surface area (Å²) in [5, 5.41) is 1.42. The highest BCUT2D eigenvalue weighted by Gasteiger charge is 2.25. The van der Waals surface area contributed by atoms with Gasteiger partial charge in [-0.15, -0.1) is 0 Å². The van der Waals surface area contributed by atoms with E-state index in [9.17, 15) is 9.59 Å². The smallest absolute Gasteiger partial charge is 0.344 e. The van der Waals surface area contributed by atoms with Crippen LogP contribution in [0.5, 0.6) is 0 Å². The summed E-state index contributed by atoms with van der Waals surface area (Å²) >= 11 is 0. The molecule has 0 aliphatic heterocycles. The first-order chi connectivity index (χ1) is 7.27. The minimum absolute atomic E-state index is 0.0622. The molecule has 0 radical (unpaired) electrons. The molecule has 0 amide bonds. The summed E-state index contributed by atoms with van der Waals surface area (Å²) in [4.78, 5) is 23.0. The Morgan fingerprint density at radius 3 is 2.53 bits per heavy atom. The first kappa shape index (κ1) is 8.41. The number of hydrogen-bond acceptors (Lipinski definition) is 3. The highest BCUT2D eigenvalue weighted by molar-refractivity contribution is 6.02. The van der Waals surface area contributed by atoms with E-state index in [1.807, 2.05) is 12.1 Å². The molecule has 0 bridgehead atoms. The topological polar surface area (TPSA) is 47.3 Å². The Labute approximate surface area is 85.3 Å². The Kier molecular flexibility index (Phi) is 1.57. The van der Waals surface area contributed by atoms with E-state index in [-0.39, 0.29) is 11.5 Å². The lowest BCUT2D eigenvalue weighted by Gasteiger charge is -2.01. The largest absolute Gasteiger partial charge is 0.419 e. The monoisotopic (exact) mass is 200 g/mol. The molecule has 3 rings (SSSR count). The maximum atomic E-state index is 11.6. The SMILES string of the molecule is O=C1CCc2c1oc(=O)c1ccccc21. The molecule has 1 heterocycles. The molecule has 1 aliphatic carbocycles. The third-order valence-electron chi connectivity index (χ3n) is 2.80. The van der Waals surface area contributed by atoms with Crippen molar-refractivity contribution in [2.24, 2.45) is 0 Å². The van der Waals surface area contributed by atoms with Crippen molar-refractivity contribution in [3.63, 3.8) is 0 Å². The maximum absolute atomic E-state index is 11.6. The number of ketones is 1. The molecule has 74 valence electrons. The minimum Gasteiger partial charge on any atom is -0.419 e. The van der Waals surface area contributed by atoms with Gasteiger partial charge in [0.2, 0.25) is 0 Å². The van der Waals surface area contributed by atoms with E-state index in [1.165, 1.54) is 0 Å². The van der Waals surface area contributed by atoms with Crippen LogP contribution in [0.4, 0.5) is 0 Å². The molecule has 0 spiro atoms. The molecule has 1 aromatic carbocycles. The van der Waals surface area contributed by atoms with Crippen LogP contribution in [0.1, 0.15) is 22.5 Å². The number of Topliss-reactive ketones (excluding diaryl/α,β-unsaturated/α-hetero) is 1. The van der Waals surface area contributed by atoms with Gasteiger partial charge in [0.15, 0.2) is 11.5 Å². The second-order valence-corrected chi connectivity index (χ2v) is 3.67. The molecule has 2 aromatic rings. The highest BCUT2D eigenvalue weighted by Crippen LogP contribution is 2.27. The van der Waals surface area contributed by atoms with E-state index < -0.39 is 5.63 Å². The molecule has 1 aliphatic rings. The van der Waals surface area contributed by atoms with Crippen molar-refractivity contribution >= 4 is 16.6 Å². The fourth-order valence-electron chi connectivity index (χ4n) is 2.08. The normalized spacial score (nSPS) is 14.5. The van der Waals surface area contributed by atoms with Crippen LogP contribution < -0.4 is 5.63 Å². The van der Waals surface area contributed by atoms with Crippen molar-refractivity contribution in [2.45, 2.75) is 12.8 Å². The first-order valence-electron chi connectivity index (χ1n) is 4.85. The zero-order valence-electron chi connectivity index (χ0n) is 7.95. The lowest BCUT2D eigenvalue weighted by Crippen LogP contribution is -2.05. The van der Waals surface area contributed by atoms with Gasteiger partial charge in [-0.1, -0.05) is 18.2 Å². The van der Waals surface area contributed by atoms with E-state index in [0.717, 1.165) is 10.9 Å². The van der Waals surface area contributed by atoms with Crippen molar-refractivity contribution in [3.8, 4) is 0 Å². The first-order valence-corrected chi connectivity index (χ1v) is 4.85. The molecule has 0 atom stereocenters. The Bertz CT molecular complexity index is 622. The van der Waals surface area contributed by atoms with Gasteiger partial charge in [-0.3, -0.25) is 4.79 Å². The number of fused-ring (bicyclic) bond motifs is 3. The number of aryl methyl sites for hydroxylation is 1. The van der Waals surface area contributed by atoms with Gasteiger partial charge in [0.05, 0.1) is 5.39 Å². The fraction of sp³-hybridized carbons (Fsp3) is 0.167. The van der Waals surface area contributed by atoms with Gasteiger partial charge >= 0.3 is 5.63 Å². The standard InChI is InChI=1S/C12H8O3/c13-10-6-5-8-7-3-1-2-4-9(7)12(14)15-11(8)10/h1-4H,5-6H2. The Morgan fingerprint density at radius 1 is 1.00 bits per heavy atom. The number of benzene rings is 1. The predicted molar refractivity (Wildman–Crippen MR) is 55.1 cm³/mol. The molecule has 3 nitrogen and oxygen atoms in total. The lowest BCUT2D eigenvalue weighted by molar-refractivity contribution is 0.0967. The predicted octanol–water partition coefficient (Wildman–Crippen LogP) is 1.92. The summed E-state index contributed by atoms with van der Waals surface area (Å²) in [6, 6.07) is 7.25. The van der Waals surface area contributed by atoms with Gasteiger partial charge in [0.1, 0.15) is 0 Å². The summed E-state index contributed by atoms with van der Waals surface area (Å²) in [5.74, 6) is 0.201. The molecule has 0 unspecified atom stereocenters. The minimum atomic E-state index is -0.417. The second kappa shape index (κ2) is 2.79. The molecule has 15 heavy (non-hydrogen) atoms. The summed E-state index contributed by atoms with van der Waals surface area (Å²) < 4.78 is 5.04. The van der Waals surface area contributed by atoms with Gasteiger partial charge in [-0.2, -0.15) is 0 Å². The molecule has 3 heteroatoms. The highest BCUT2D eigenvalue weighted by atomic mass is 16.4. The fourth-order valence-corrected chi connectivity index (χ4v) is 2.08. The average Bonchev–Trinajstić information content (AvgIpc) is 2.62. The zero-order chi connectivity index (χ0) is 10.4. The summed E-state index contributed by atoms with van der Waals surface area (Å²) in [7, 11) is 0. The van der Waals surface area contributed by atoms with Gasteiger partial charge < -0.3 is 4.42 Å². The van der Waals surface area contributed by atoms with Crippen LogP contribution in [0.25, 0.3) is 10.8 Å². The van der Waals surface area contributed by atoms with Crippen molar-refractivity contribution in [1.82, 2.24) is 0 Å². The summed E-state index contributed by atoms with van der Waals surface area (Å²) in [5.41, 5.74) is 0.467. The van der Waals surface area contributed by atoms with Crippen molar-refractivity contribution in [3.05, 3.63) is 46.0 Å². The van der Waals surface area contributed by atoms with Crippen LogP contribution in [-0.4, -0.2) is 5.78 Å². The van der Waals surface area contributed by atoms with Gasteiger partial charge in [-0.05, 0) is 17.9 Å². The van der Waals surface area contributed by atoms with Gasteiger partial charge in [0.25, 0.3) is 0 Å². The van der Waals surface area contributed by atoms with Crippen molar-refractivity contribution in [2.75, 3.05) is 0 Å². The number of carbonyl (C=O) groups is 1.